The molecule has 21 heavy (non-hydrogen) atoms. The Morgan fingerprint density at radius 1 is 1.29 bits per heavy atom. The molecule has 1 fully saturated rings. The lowest BCUT2D eigenvalue weighted by Crippen LogP contribution is -2.54. The molecular formula is C16H21NO4. The molecule has 0 saturated carbocycles. The number of carboxylic acids is 1. The number of ether oxygens (including phenoxy) is 1. The van der Waals surface area contributed by atoms with E-state index in [4.69, 9.17) is 4.74 Å². The minimum atomic E-state index is -0.967. The predicted molar refractivity (Wildman–Crippen MR) is 77.7 cm³/mol. The molecule has 0 aromatic heterocycles. The molecule has 0 radical (unpaired) electrons. The lowest BCUT2D eigenvalue weighted by molar-refractivity contribution is -0.146. The molecule has 0 aliphatic carbocycles. The van der Waals surface area contributed by atoms with Gasteiger partial charge in [0.15, 0.2) is 0 Å². The number of piperidine rings is 1. The highest BCUT2D eigenvalue weighted by Crippen LogP contribution is 2.28. The van der Waals surface area contributed by atoms with E-state index < -0.39 is 18.1 Å². The SMILES string of the molecule is CC1CC(C)C(C(=O)O)N(C(=O)OCc2ccccc2)C1. The van der Waals surface area contributed by atoms with Gasteiger partial charge in [-0.15, -0.1) is 0 Å². The van der Waals surface area contributed by atoms with Crippen LogP contribution < -0.4 is 0 Å². The van der Waals surface area contributed by atoms with Gasteiger partial charge in [-0.25, -0.2) is 9.59 Å². The third kappa shape index (κ3) is 3.74. The first-order valence-corrected chi connectivity index (χ1v) is 7.19. The van der Waals surface area contributed by atoms with Crippen molar-refractivity contribution in [2.75, 3.05) is 6.54 Å². The number of aliphatic carboxylic acids is 1. The lowest BCUT2D eigenvalue weighted by Gasteiger charge is -2.39. The number of nitrogens with zero attached hydrogens (tertiary/aromatic N) is 1. The van der Waals surface area contributed by atoms with Crippen LogP contribution in [0.25, 0.3) is 0 Å². The topological polar surface area (TPSA) is 66.8 Å². The first kappa shape index (κ1) is 15.4. The summed E-state index contributed by atoms with van der Waals surface area (Å²) in [7, 11) is 0. The molecule has 0 spiro atoms. The lowest BCUT2D eigenvalue weighted by atomic mass is 9.85. The second kappa shape index (κ2) is 6.61. The smallest absolute Gasteiger partial charge is 0.410 e. The predicted octanol–water partition coefficient (Wildman–Crippen LogP) is 2.75. The fourth-order valence-electron chi connectivity index (χ4n) is 2.96. The molecular weight excluding hydrogens is 270 g/mol. The maximum absolute atomic E-state index is 12.2. The molecule has 114 valence electrons. The molecule has 1 amide bonds. The number of carboxylic acid groups (broad SMARTS) is 1. The highest BCUT2D eigenvalue weighted by molar-refractivity contribution is 5.80. The number of rotatable bonds is 3. The summed E-state index contributed by atoms with van der Waals surface area (Å²) >= 11 is 0. The highest BCUT2D eigenvalue weighted by atomic mass is 16.6. The van der Waals surface area contributed by atoms with E-state index in [-0.39, 0.29) is 18.4 Å². The van der Waals surface area contributed by atoms with Gasteiger partial charge in [-0.2, -0.15) is 0 Å². The second-order valence-electron chi connectivity index (χ2n) is 5.79. The zero-order valence-electron chi connectivity index (χ0n) is 12.4. The Bertz CT molecular complexity index is 502. The van der Waals surface area contributed by atoms with Gasteiger partial charge in [0.1, 0.15) is 12.6 Å². The molecule has 1 aromatic rings. The first-order valence-electron chi connectivity index (χ1n) is 7.19. The Balaban J connectivity index is 2.03. The van der Waals surface area contributed by atoms with Crippen molar-refractivity contribution in [1.29, 1.82) is 0 Å². The van der Waals surface area contributed by atoms with Crippen LogP contribution in [0.3, 0.4) is 0 Å². The number of amides is 1. The van der Waals surface area contributed by atoms with E-state index in [1.807, 2.05) is 44.2 Å². The van der Waals surface area contributed by atoms with Gasteiger partial charge >= 0.3 is 12.1 Å². The van der Waals surface area contributed by atoms with Crippen molar-refractivity contribution in [3.05, 3.63) is 35.9 Å². The van der Waals surface area contributed by atoms with Crippen molar-refractivity contribution in [1.82, 2.24) is 4.90 Å². The second-order valence-corrected chi connectivity index (χ2v) is 5.79. The van der Waals surface area contributed by atoms with Crippen LogP contribution in [0.15, 0.2) is 30.3 Å². The van der Waals surface area contributed by atoms with Gasteiger partial charge in [0.2, 0.25) is 0 Å². The third-order valence-corrected chi connectivity index (χ3v) is 3.85. The summed E-state index contributed by atoms with van der Waals surface area (Å²) in [5.74, 6) is -0.763. The van der Waals surface area contributed by atoms with Crippen molar-refractivity contribution in [3.8, 4) is 0 Å². The van der Waals surface area contributed by atoms with Gasteiger partial charge in [0, 0.05) is 6.54 Å². The van der Waals surface area contributed by atoms with Crippen molar-refractivity contribution < 1.29 is 19.4 Å². The van der Waals surface area contributed by atoms with E-state index >= 15 is 0 Å². The van der Waals surface area contributed by atoms with Gasteiger partial charge in [-0.1, -0.05) is 44.2 Å². The summed E-state index contributed by atoms with van der Waals surface area (Å²) in [6.45, 7) is 4.47. The molecule has 5 heteroatoms. The zero-order chi connectivity index (χ0) is 15.4. The van der Waals surface area contributed by atoms with Gasteiger partial charge in [-0.3, -0.25) is 4.90 Å². The number of benzene rings is 1. The molecule has 1 saturated heterocycles. The van der Waals surface area contributed by atoms with Gasteiger partial charge in [0.25, 0.3) is 0 Å². The van der Waals surface area contributed by atoms with Crippen molar-refractivity contribution in [3.63, 3.8) is 0 Å². The Hall–Kier alpha value is -2.04. The largest absolute Gasteiger partial charge is 0.480 e. The van der Waals surface area contributed by atoms with Gasteiger partial charge in [-0.05, 0) is 23.8 Å². The van der Waals surface area contributed by atoms with Crippen LogP contribution in [0, 0.1) is 11.8 Å². The zero-order valence-corrected chi connectivity index (χ0v) is 12.4. The molecule has 1 aromatic carbocycles. The minimum absolute atomic E-state index is 0.0736. The third-order valence-electron chi connectivity index (χ3n) is 3.85. The summed E-state index contributed by atoms with van der Waals surface area (Å²) in [6, 6.07) is 8.55. The normalized spacial score (nSPS) is 25.4. The fraction of sp³-hybridized carbons (Fsp3) is 0.500. The number of carbonyl (C=O) groups excluding carboxylic acids is 1. The van der Waals surface area contributed by atoms with Gasteiger partial charge < -0.3 is 9.84 Å². The van der Waals surface area contributed by atoms with E-state index in [1.54, 1.807) is 0 Å². The average Bonchev–Trinajstić information content (AvgIpc) is 2.44. The molecule has 2 rings (SSSR count). The molecule has 5 nitrogen and oxygen atoms in total. The maximum atomic E-state index is 12.2. The number of likely N-dealkylation sites (tertiary alicyclic amines) is 1. The first-order chi connectivity index (χ1) is 9.99. The number of hydrogen-bond donors (Lipinski definition) is 1. The van der Waals surface area contributed by atoms with Crippen molar-refractivity contribution >= 4 is 12.1 Å². The van der Waals surface area contributed by atoms with Crippen molar-refractivity contribution in [2.45, 2.75) is 32.9 Å². The fourth-order valence-corrected chi connectivity index (χ4v) is 2.96. The van der Waals surface area contributed by atoms with Crippen LogP contribution in [0.5, 0.6) is 0 Å². The maximum Gasteiger partial charge on any atom is 0.410 e. The van der Waals surface area contributed by atoms with E-state index in [9.17, 15) is 14.7 Å². The average molecular weight is 291 g/mol. The van der Waals surface area contributed by atoms with Crippen LogP contribution in [-0.2, 0) is 16.1 Å². The van der Waals surface area contributed by atoms with E-state index in [1.165, 1.54) is 4.90 Å². The Kier molecular flexibility index (Phi) is 4.83. The molecule has 3 atom stereocenters. The van der Waals surface area contributed by atoms with E-state index in [0.29, 0.717) is 6.54 Å². The van der Waals surface area contributed by atoms with Crippen LogP contribution >= 0.6 is 0 Å². The summed E-state index contributed by atoms with van der Waals surface area (Å²) in [6.07, 6.45) is 0.254. The molecule has 1 heterocycles. The van der Waals surface area contributed by atoms with E-state index in [0.717, 1.165) is 12.0 Å². The number of carbonyl (C=O) groups is 2. The molecule has 1 aliphatic heterocycles. The molecule has 1 aliphatic rings. The van der Waals surface area contributed by atoms with Crippen molar-refractivity contribution in [2.24, 2.45) is 11.8 Å². The molecule has 1 N–H and O–H groups in total. The molecule has 0 bridgehead atoms. The Labute approximate surface area is 124 Å². The van der Waals surface area contributed by atoms with Crippen LogP contribution in [0.4, 0.5) is 4.79 Å². The standard InChI is InChI=1S/C16H21NO4/c1-11-8-12(2)14(15(18)19)17(9-11)16(20)21-10-13-6-4-3-5-7-13/h3-7,11-12,14H,8-10H2,1-2H3,(H,18,19). The summed E-state index contributed by atoms with van der Waals surface area (Å²) in [5.41, 5.74) is 0.885. The highest BCUT2D eigenvalue weighted by Gasteiger charge is 2.40. The van der Waals surface area contributed by atoms with Crippen LogP contribution in [-0.4, -0.2) is 34.7 Å². The summed E-state index contributed by atoms with van der Waals surface area (Å²) < 4.78 is 5.27. The Morgan fingerprint density at radius 2 is 1.95 bits per heavy atom. The Morgan fingerprint density at radius 3 is 2.57 bits per heavy atom. The van der Waals surface area contributed by atoms with Gasteiger partial charge in [0.05, 0.1) is 0 Å². The minimum Gasteiger partial charge on any atom is -0.480 e. The monoisotopic (exact) mass is 291 g/mol. The summed E-state index contributed by atoms with van der Waals surface area (Å²) in [4.78, 5) is 25.0. The summed E-state index contributed by atoms with van der Waals surface area (Å²) in [5, 5.41) is 9.35. The van der Waals surface area contributed by atoms with Crippen LogP contribution in [0.2, 0.25) is 0 Å². The van der Waals surface area contributed by atoms with E-state index in [2.05, 4.69) is 0 Å². The van der Waals surface area contributed by atoms with Crippen LogP contribution in [0.1, 0.15) is 25.8 Å². The molecule has 3 unspecified atom stereocenters. The quantitative estimate of drug-likeness (QED) is 0.930. The number of hydrogen-bond acceptors (Lipinski definition) is 3.